The minimum Gasteiger partial charge on any atom is -0.353 e. The van der Waals surface area contributed by atoms with E-state index in [1.54, 1.807) is 12.4 Å². The van der Waals surface area contributed by atoms with Crippen molar-refractivity contribution in [3.05, 3.63) is 72.7 Å². The number of anilines is 3. The number of benzene rings is 1. The van der Waals surface area contributed by atoms with Gasteiger partial charge in [0.15, 0.2) is 0 Å². The highest BCUT2D eigenvalue weighted by Crippen LogP contribution is 2.16. The highest BCUT2D eigenvalue weighted by Gasteiger charge is 2.20. The van der Waals surface area contributed by atoms with Crippen LogP contribution in [0.1, 0.15) is 10.4 Å². The van der Waals surface area contributed by atoms with E-state index in [9.17, 15) is 4.79 Å². The third kappa shape index (κ3) is 4.03. The molecule has 4 rings (SSSR count). The van der Waals surface area contributed by atoms with Gasteiger partial charge in [0.2, 0.25) is 5.95 Å². The Hall–Kier alpha value is -3.48. The molecule has 0 bridgehead atoms. The molecule has 3 aromatic rings. The maximum Gasteiger partial charge on any atom is 0.258 e. The lowest BCUT2D eigenvalue weighted by Gasteiger charge is -2.35. The number of hydrogen-bond donors (Lipinski definition) is 1. The second kappa shape index (κ2) is 7.82. The van der Waals surface area contributed by atoms with Crippen molar-refractivity contribution in [1.29, 1.82) is 0 Å². The summed E-state index contributed by atoms with van der Waals surface area (Å²) in [6.07, 6.45) is 4.96. The van der Waals surface area contributed by atoms with Gasteiger partial charge in [-0.15, -0.1) is 0 Å². The van der Waals surface area contributed by atoms with Crippen molar-refractivity contribution in [3.8, 4) is 0 Å². The lowest BCUT2D eigenvalue weighted by Crippen LogP contribution is -2.47. The lowest BCUT2D eigenvalue weighted by molar-refractivity contribution is 0.102. The van der Waals surface area contributed by atoms with E-state index >= 15 is 0 Å². The fourth-order valence-corrected chi connectivity index (χ4v) is 3.00. The molecular weight excluding hydrogens is 340 g/mol. The smallest absolute Gasteiger partial charge is 0.258 e. The molecule has 136 valence electrons. The van der Waals surface area contributed by atoms with Gasteiger partial charge in [0.1, 0.15) is 5.82 Å². The SMILES string of the molecule is O=C(Nc1ccccc1)c1cnc(N2CCN(c3ccccn3)CC2)nc1. The lowest BCUT2D eigenvalue weighted by atomic mass is 10.2. The highest BCUT2D eigenvalue weighted by atomic mass is 16.1. The van der Waals surface area contributed by atoms with Gasteiger partial charge in [0.25, 0.3) is 5.91 Å². The van der Waals surface area contributed by atoms with Gasteiger partial charge in [-0.1, -0.05) is 24.3 Å². The molecule has 1 saturated heterocycles. The van der Waals surface area contributed by atoms with Crippen LogP contribution in [-0.2, 0) is 0 Å². The minimum absolute atomic E-state index is 0.215. The Bertz CT molecular complexity index is 877. The quantitative estimate of drug-likeness (QED) is 0.770. The number of piperazine rings is 1. The first kappa shape index (κ1) is 17.0. The van der Waals surface area contributed by atoms with Crippen LogP contribution in [0.3, 0.4) is 0 Å². The molecule has 0 saturated carbocycles. The van der Waals surface area contributed by atoms with Crippen LogP contribution in [0, 0.1) is 0 Å². The third-order valence-electron chi connectivity index (χ3n) is 4.47. The summed E-state index contributed by atoms with van der Waals surface area (Å²) in [6, 6.07) is 15.3. The Morgan fingerprint density at radius 2 is 1.48 bits per heavy atom. The van der Waals surface area contributed by atoms with Crippen LogP contribution >= 0.6 is 0 Å². The molecule has 0 atom stereocenters. The Morgan fingerprint density at radius 1 is 0.815 bits per heavy atom. The van der Waals surface area contributed by atoms with E-state index in [1.807, 2.05) is 54.7 Å². The van der Waals surface area contributed by atoms with Gasteiger partial charge in [-0.3, -0.25) is 4.79 Å². The van der Waals surface area contributed by atoms with Crippen LogP contribution in [0.25, 0.3) is 0 Å². The van der Waals surface area contributed by atoms with E-state index in [0.29, 0.717) is 11.5 Å². The first-order chi connectivity index (χ1) is 13.3. The molecule has 2 aromatic heterocycles. The predicted octanol–water partition coefficient (Wildman–Crippen LogP) is 2.45. The molecule has 0 unspecified atom stereocenters. The fraction of sp³-hybridized carbons (Fsp3) is 0.200. The molecule has 1 N–H and O–H groups in total. The van der Waals surface area contributed by atoms with Gasteiger partial charge < -0.3 is 15.1 Å². The maximum atomic E-state index is 12.3. The zero-order valence-electron chi connectivity index (χ0n) is 14.8. The van der Waals surface area contributed by atoms with E-state index in [2.05, 4.69) is 30.1 Å². The summed E-state index contributed by atoms with van der Waals surface area (Å²) >= 11 is 0. The van der Waals surface area contributed by atoms with E-state index in [4.69, 9.17) is 0 Å². The number of nitrogens with one attached hydrogen (secondary N) is 1. The van der Waals surface area contributed by atoms with E-state index in [-0.39, 0.29) is 5.91 Å². The summed E-state index contributed by atoms with van der Waals surface area (Å²) < 4.78 is 0. The number of para-hydroxylation sites is 1. The van der Waals surface area contributed by atoms with Crippen LogP contribution in [-0.4, -0.2) is 47.0 Å². The van der Waals surface area contributed by atoms with Crippen LogP contribution in [0.15, 0.2) is 67.1 Å². The van der Waals surface area contributed by atoms with Gasteiger partial charge >= 0.3 is 0 Å². The van der Waals surface area contributed by atoms with Crippen molar-refractivity contribution in [1.82, 2.24) is 15.0 Å². The van der Waals surface area contributed by atoms with Crippen molar-refractivity contribution in [2.24, 2.45) is 0 Å². The van der Waals surface area contributed by atoms with Crippen molar-refractivity contribution < 1.29 is 4.79 Å². The van der Waals surface area contributed by atoms with E-state index in [1.165, 1.54) is 0 Å². The fourth-order valence-electron chi connectivity index (χ4n) is 3.00. The van der Waals surface area contributed by atoms with Gasteiger partial charge in [-0.05, 0) is 24.3 Å². The number of carbonyl (C=O) groups is 1. The number of rotatable bonds is 4. The summed E-state index contributed by atoms with van der Waals surface area (Å²) in [6.45, 7) is 3.34. The van der Waals surface area contributed by atoms with Crippen molar-refractivity contribution in [3.63, 3.8) is 0 Å². The van der Waals surface area contributed by atoms with Crippen molar-refractivity contribution in [2.45, 2.75) is 0 Å². The van der Waals surface area contributed by atoms with Gasteiger partial charge in [0.05, 0.1) is 5.56 Å². The van der Waals surface area contributed by atoms with Crippen LogP contribution in [0.2, 0.25) is 0 Å². The summed E-state index contributed by atoms with van der Waals surface area (Å²) in [7, 11) is 0. The summed E-state index contributed by atoms with van der Waals surface area (Å²) in [5.41, 5.74) is 1.19. The molecule has 1 amide bonds. The molecule has 1 aromatic carbocycles. The number of nitrogens with zero attached hydrogens (tertiary/aromatic N) is 5. The second-order valence-electron chi connectivity index (χ2n) is 6.25. The second-order valence-corrected chi connectivity index (χ2v) is 6.25. The molecule has 1 fully saturated rings. The number of hydrogen-bond acceptors (Lipinski definition) is 6. The first-order valence-electron chi connectivity index (χ1n) is 8.89. The Labute approximate surface area is 157 Å². The Balaban J connectivity index is 1.36. The molecule has 1 aliphatic heterocycles. The van der Waals surface area contributed by atoms with Gasteiger partial charge in [-0.25, -0.2) is 15.0 Å². The Kier molecular flexibility index (Phi) is 4.91. The largest absolute Gasteiger partial charge is 0.353 e. The van der Waals surface area contributed by atoms with Crippen LogP contribution < -0.4 is 15.1 Å². The monoisotopic (exact) mass is 360 g/mol. The molecule has 0 spiro atoms. The number of aromatic nitrogens is 3. The molecular formula is C20H20N6O. The number of amides is 1. The normalized spacial score (nSPS) is 14.1. The first-order valence-corrected chi connectivity index (χ1v) is 8.89. The Morgan fingerprint density at radius 3 is 2.15 bits per heavy atom. The van der Waals surface area contributed by atoms with E-state index < -0.39 is 0 Å². The van der Waals surface area contributed by atoms with Gasteiger partial charge in [0, 0.05) is 50.5 Å². The summed E-state index contributed by atoms with van der Waals surface area (Å²) in [5.74, 6) is 1.42. The third-order valence-corrected chi connectivity index (χ3v) is 4.47. The summed E-state index contributed by atoms with van der Waals surface area (Å²) in [5, 5.41) is 2.84. The van der Waals surface area contributed by atoms with Crippen LogP contribution in [0.5, 0.6) is 0 Å². The van der Waals surface area contributed by atoms with E-state index in [0.717, 1.165) is 37.7 Å². The van der Waals surface area contributed by atoms with Crippen LogP contribution in [0.4, 0.5) is 17.5 Å². The van der Waals surface area contributed by atoms with Gasteiger partial charge in [-0.2, -0.15) is 0 Å². The molecule has 7 nitrogen and oxygen atoms in total. The average molecular weight is 360 g/mol. The molecule has 0 radical (unpaired) electrons. The zero-order valence-corrected chi connectivity index (χ0v) is 14.8. The topological polar surface area (TPSA) is 74.2 Å². The molecule has 1 aliphatic rings. The molecule has 3 heterocycles. The zero-order chi connectivity index (χ0) is 18.5. The summed E-state index contributed by atoms with van der Waals surface area (Å²) in [4.78, 5) is 29.8. The highest BCUT2D eigenvalue weighted by molar-refractivity contribution is 6.03. The maximum absolute atomic E-state index is 12.3. The molecule has 27 heavy (non-hydrogen) atoms. The number of carbonyl (C=O) groups excluding carboxylic acids is 1. The predicted molar refractivity (Wildman–Crippen MR) is 105 cm³/mol. The molecule has 0 aliphatic carbocycles. The van der Waals surface area contributed by atoms with Crippen molar-refractivity contribution in [2.75, 3.05) is 41.3 Å². The minimum atomic E-state index is -0.215. The molecule has 7 heteroatoms. The standard InChI is InChI=1S/C20H20N6O/c27-19(24-17-6-2-1-3-7-17)16-14-22-20(23-15-16)26-12-10-25(11-13-26)18-8-4-5-9-21-18/h1-9,14-15H,10-13H2,(H,24,27). The number of pyridine rings is 1. The average Bonchev–Trinajstić information content (AvgIpc) is 2.75. The van der Waals surface area contributed by atoms with Crippen molar-refractivity contribution >= 4 is 23.4 Å².